The van der Waals surface area contributed by atoms with E-state index in [4.69, 9.17) is 9.97 Å². The Morgan fingerprint density at radius 2 is 1.02 bits per heavy atom. The molecule has 52 heavy (non-hydrogen) atoms. The molecule has 0 amide bonds. The minimum absolute atomic E-state index is 0.0542. The van der Waals surface area contributed by atoms with Crippen molar-refractivity contribution in [2.75, 3.05) is 0 Å². The lowest BCUT2D eigenvalue weighted by Crippen LogP contribution is -2.14. The second-order valence-electron chi connectivity index (χ2n) is 14.2. The van der Waals surface area contributed by atoms with Crippen LogP contribution in [0.15, 0.2) is 170 Å². The number of fused-ring (bicyclic) bond motifs is 6. The van der Waals surface area contributed by atoms with Gasteiger partial charge in [-0.05, 0) is 87.0 Å². The van der Waals surface area contributed by atoms with E-state index in [0.717, 1.165) is 33.6 Å². The molecule has 0 bridgehead atoms. The molecule has 0 aliphatic heterocycles. The number of aromatic nitrogens is 2. The number of rotatable bonds is 5. The molecule has 0 radical (unpaired) electrons. The summed E-state index contributed by atoms with van der Waals surface area (Å²) >= 11 is 1.85. The summed E-state index contributed by atoms with van der Waals surface area (Å²) in [6.07, 6.45) is 0. The molecule has 246 valence electrons. The fourth-order valence-electron chi connectivity index (χ4n) is 8.08. The van der Waals surface area contributed by atoms with Gasteiger partial charge in [0.2, 0.25) is 0 Å². The SMILES string of the molecule is CC1(C)c2ccccc2-c2cc(-c3cc(-c4cc(-c5ccccc5)cc(-c5cccc6sc7ccccc7c56)c4)nc(-c4ccccc4)n3)ccc21. The molecule has 10 rings (SSSR count). The molecule has 9 aromatic rings. The molecule has 1 aliphatic carbocycles. The molecule has 3 heteroatoms. The van der Waals surface area contributed by atoms with Crippen molar-refractivity contribution in [1.29, 1.82) is 0 Å². The van der Waals surface area contributed by atoms with Crippen LogP contribution in [0.25, 0.3) is 87.5 Å². The Morgan fingerprint density at radius 3 is 1.85 bits per heavy atom. The number of hydrogen-bond donors (Lipinski definition) is 0. The molecule has 2 aromatic heterocycles. The zero-order valence-corrected chi connectivity index (χ0v) is 29.8. The summed E-state index contributed by atoms with van der Waals surface area (Å²) in [4.78, 5) is 10.5. The highest BCUT2D eigenvalue weighted by Gasteiger charge is 2.35. The molecule has 1 aliphatic rings. The van der Waals surface area contributed by atoms with E-state index in [9.17, 15) is 0 Å². The first-order valence-corrected chi connectivity index (χ1v) is 18.6. The van der Waals surface area contributed by atoms with Crippen molar-refractivity contribution >= 4 is 31.5 Å². The van der Waals surface area contributed by atoms with Crippen LogP contribution in [0.4, 0.5) is 0 Å². The van der Waals surface area contributed by atoms with Crippen molar-refractivity contribution in [1.82, 2.24) is 9.97 Å². The van der Waals surface area contributed by atoms with E-state index < -0.39 is 0 Å². The minimum atomic E-state index is -0.0542. The molecule has 0 saturated carbocycles. The van der Waals surface area contributed by atoms with Gasteiger partial charge in [0.15, 0.2) is 5.82 Å². The topological polar surface area (TPSA) is 25.8 Å². The molecular formula is C49H34N2S. The van der Waals surface area contributed by atoms with Gasteiger partial charge in [-0.15, -0.1) is 11.3 Å². The van der Waals surface area contributed by atoms with Crippen LogP contribution < -0.4 is 0 Å². The van der Waals surface area contributed by atoms with Crippen molar-refractivity contribution in [3.63, 3.8) is 0 Å². The molecule has 0 atom stereocenters. The van der Waals surface area contributed by atoms with Gasteiger partial charge in [0.05, 0.1) is 11.4 Å². The number of nitrogens with zero attached hydrogens (tertiary/aromatic N) is 2. The van der Waals surface area contributed by atoms with E-state index in [-0.39, 0.29) is 5.41 Å². The zero-order chi connectivity index (χ0) is 34.8. The van der Waals surface area contributed by atoms with Crippen molar-refractivity contribution < 1.29 is 0 Å². The molecule has 0 unspecified atom stereocenters. The van der Waals surface area contributed by atoms with Crippen molar-refractivity contribution in [3.8, 4) is 67.3 Å². The lowest BCUT2D eigenvalue weighted by atomic mass is 9.82. The lowest BCUT2D eigenvalue weighted by Gasteiger charge is -2.21. The van der Waals surface area contributed by atoms with Gasteiger partial charge >= 0.3 is 0 Å². The summed E-state index contributed by atoms with van der Waals surface area (Å²) in [6.45, 7) is 4.65. The summed E-state index contributed by atoms with van der Waals surface area (Å²) < 4.78 is 2.60. The normalized spacial score (nSPS) is 13.0. The minimum Gasteiger partial charge on any atom is -0.228 e. The van der Waals surface area contributed by atoms with Gasteiger partial charge < -0.3 is 0 Å². The van der Waals surface area contributed by atoms with Gasteiger partial charge in [-0.1, -0.05) is 141 Å². The van der Waals surface area contributed by atoms with Gasteiger partial charge in [0, 0.05) is 42.3 Å². The maximum atomic E-state index is 5.29. The first-order valence-electron chi connectivity index (χ1n) is 17.8. The maximum Gasteiger partial charge on any atom is 0.160 e. The highest BCUT2D eigenvalue weighted by molar-refractivity contribution is 7.25. The lowest BCUT2D eigenvalue weighted by molar-refractivity contribution is 0.660. The van der Waals surface area contributed by atoms with Crippen molar-refractivity contribution in [2.45, 2.75) is 19.3 Å². The third kappa shape index (κ3) is 5.00. The van der Waals surface area contributed by atoms with Crippen LogP contribution in [0.2, 0.25) is 0 Å². The average molecular weight is 683 g/mol. The van der Waals surface area contributed by atoms with Crippen LogP contribution in [0, 0.1) is 0 Å². The Hall–Kier alpha value is -6.16. The molecule has 0 saturated heterocycles. The van der Waals surface area contributed by atoms with Gasteiger partial charge in [-0.3, -0.25) is 0 Å². The standard InChI is InChI=1S/C49H34N2S/c1-49(2)41-21-11-9-18-38(41)40-29-33(24-25-42(40)49)43-30-44(51-48(50-43)32-16-7-4-8-17-32)36-27-34(31-14-5-3-6-15-31)26-35(28-36)37-20-13-23-46-47(37)39-19-10-12-22-45(39)52-46/h3-30H,1-2H3. The Bertz CT molecular complexity index is 2810. The van der Waals surface area contributed by atoms with Crippen LogP contribution in [-0.2, 0) is 5.41 Å². The molecule has 0 N–H and O–H groups in total. The van der Waals surface area contributed by atoms with E-state index in [1.165, 1.54) is 59.1 Å². The fourth-order valence-corrected chi connectivity index (χ4v) is 9.21. The van der Waals surface area contributed by atoms with Crippen LogP contribution in [0.1, 0.15) is 25.0 Å². The summed E-state index contributed by atoms with van der Waals surface area (Å²) in [5.74, 6) is 0.715. The predicted octanol–water partition coefficient (Wildman–Crippen LogP) is 13.5. The highest BCUT2D eigenvalue weighted by Crippen LogP contribution is 2.49. The van der Waals surface area contributed by atoms with Crippen LogP contribution in [0.5, 0.6) is 0 Å². The molecule has 0 fully saturated rings. The van der Waals surface area contributed by atoms with Crippen LogP contribution in [0.3, 0.4) is 0 Å². The Morgan fingerprint density at radius 1 is 0.404 bits per heavy atom. The number of thiophene rings is 1. The monoisotopic (exact) mass is 682 g/mol. The first kappa shape index (κ1) is 30.6. The summed E-state index contributed by atoms with van der Waals surface area (Å²) in [5.41, 5.74) is 14.9. The number of hydrogen-bond acceptors (Lipinski definition) is 3. The van der Waals surface area contributed by atoms with E-state index in [2.05, 4.69) is 178 Å². The molecule has 2 heterocycles. The van der Waals surface area contributed by atoms with Crippen LogP contribution >= 0.6 is 11.3 Å². The Labute approximate surface area is 307 Å². The Balaban J connectivity index is 1.21. The zero-order valence-electron chi connectivity index (χ0n) is 29.0. The van der Waals surface area contributed by atoms with E-state index in [1.54, 1.807) is 0 Å². The van der Waals surface area contributed by atoms with Crippen LogP contribution in [-0.4, -0.2) is 9.97 Å². The van der Waals surface area contributed by atoms with E-state index >= 15 is 0 Å². The largest absolute Gasteiger partial charge is 0.228 e. The third-order valence-corrected chi connectivity index (χ3v) is 11.8. The summed E-state index contributed by atoms with van der Waals surface area (Å²) in [7, 11) is 0. The molecular weight excluding hydrogens is 649 g/mol. The second kappa shape index (κ2) is 12.0. The number of benzene rings is 7. The summed E-state index contributed by atoms with van der Waals surface area (Å²) in [6, 6.07) is 61.2. The quantitative estimate of drug-likeness (QED) is 0.181. The molecule has 7 aromatic carbocycles. The maximum absolute atomic E-state index is 5.29. The van der Waals surface area contributed by atoms with Gasteiger partial charge in [-0.25, -0.2) is 9.97 Å². The van der Waals surface area contributed by atoms with E-state index in [1.807, 2.05) is 17.4 Å². The highest BCUT2D eigenvalue weighted by atomic mass is 32.1. The van der Waals surface area contributed by atoms with Crippen molar-refractivity contribution in [2.24, 2.45) is 0 Å². The second-order valence-corrected chi connectivity index (χ2v) is 15.3. The van der Waals surface area contributed by atoms with Gasteiger partial charge in [-0.2, -0.15) is 0 Å². The third-order valence-electron chi connectivity index (χ3n) is 10.7. The molecule has 0 spiro atoms. The fraction of sp³-hybridized carbons (Fsp3) is 0.0612. The molecule has 2 nitrogen and oxygen atoms in total. The van der Waals surface area contributed by atoms with E-state index in [0.29, 0.717) is 5.82 Å². The van der Waals surface area contributed by atoms with Crippen molar-refractivity contribution in [3.05, 3.63) is 181 Å². The smallest absolute Gasteiger partial charge is 0.160 e. The summed E-state index contributed by atoms with van der Waals surface area (Å²) in [5, 5.41) is 2.59. The van der Waals surface area contributed by atoms with Gasteiger partial charge in [0.25, 0.3) is 0 Å². The average Bonchev–Trinajstić information content (AvgIpc) is 3.70. The predicted molar refractivity (Wildman–Crippen MR) is 220 cm³/mol. The first-order chi connectivity index (χ1) is 25.5. The van der Waals surface area contributed by atoms with Gasteiger partial charge in [0.1, 0.15) is 0 Å². The Kier molecular flexibility index (Phi) is 7.06.